The Balaban J connectivity index is 1.99. The van der Waals surface area contributed by atoms with Crippen molar-refractivity contribution in [1.82, 2.24) is 4.98 Å². The van der Waals surface area contributed by atoms with Crippen molar-refractivity contribution in [2.45, 2.75) is 6.42 Å². The molecule has 2 heterocycles. The Morgan fingerprint density at radius 1 is 1.56 bits per heavy atom. The van der Waals surface area contributed by atoms with E-state index < -0.39 is 11.9 Å². The second kappa shape index (κ2) is 5.03. The van der Waals surface area contributed by atoms with Gasteiger partial charge in [0.05, 0.1) is 13.5 Å². The predicted molar refractivity (Wildman–Crippen MR) is 63.5 cm³/mol. The van der Waals surface area contributed by atoms with Gasteiger partial charge in [0.15, 0.2) is 0 Å². The van der Waals surface area contributed by atoms with E-state index in [1.807, 2.05) is 4.90 Å². The third-order valence-corrected chi connectivity index (χ3v) is 2.92. The van der Waals surface area contributed by atoms with Crippen molar-refractivity contribution in [2.75, 3.05) is 25.1 Å². The fraction of sp³-hybridized carbons (Fsp3) is 0.417. The maximum atomic E-state index is 11.3. The molecule has 1 fully saturated rings. The van der Waals surface area contributed by atoms with E-state index in [0.717, 1.165) is 5.69 Å². The van der Waals surface area contributed by atoms with E-state index in [0.29, 0.717) is 13.1 Å². The van der Waals surface area contributed by atoms with E-state index in [9.17, 15) is 9.59 Å². The summed E-state index contributed by atoms with van der Waals surface area (Å²) in [5, 5.41) is 8.66. The van der Waals surface area contributed by atoms with Gasteiger partial charge in [-0.2, -0.15) is 0 Å². The Morgan fingerprint density at radius 3 is 2.89 bits per heavy atom. The van der Waals surface area contributed by atoms with Gasteiger partial charge >= 0.3 is 11.9 Å². The molecule has 0 aliphatic carbocycles. The maximum Gasteiger partial charge on any atom is 0.356 e. The van der Waals surface area contributed by atoms with Gasteiger partial charge in [0, 0.05) is 30.9 Å². The van der Waals surface area contributed by atoms with E-state index in [-0.39, 0.29) is 18.0 Å². The van der Waals surface area contributed by atoms with Gasteiger partial charge in [-0.25, -0.2) is 9.78 Å². The number of ether oxygens (including phenoxy) is 1. The van der Waals surface area contributed by atoms with Crippen LogP contribution < -0.4 is 4.90 Å². The van der Waals surface area contributed by atoms with E-state index >= 15 is 0 Å². The van der Waals surface area contributed by atoms with Gasteiger partial charge in [0.1, 0.15) is 5.69 Å². The number of hydrogen-bond donors (Lipinski definition) is 1. The Labute approximate surface area is 104 Å². The number of nitrogens with zero attached hydrogens (tertiary/aromatic N) is 2. The number of carbonyl (C=O) groups is 2. The van der Waals surface area contributed by atoms with Crippen LogP contribution in [0.25, 0.3) is 0 Å². The van der Waals surface area contributed by atoms with Crippen LogP contribution in [0.1, 0.15) is 16.9 Å². The summed E-state index contributed by atoms with van der Waals surface area (Å²) in [6.45, 7) is 1.38. The van der Waals surface area contributed by atoms with Gasteiger partial charge in [0.25, 0.3) is 0 Å². The second-order valence-electron chi connectivity index (χ2n) is 4.26. The number of pyridine rings is 1. The van der Waals surface area contributed by atoms with Crippen LogP contribution in [-0.2, 0) is 9.53 Å². The highest BCUT2D eigenvalue weighted by Crippen LogP contribution is 2.26. The summed E-state index contributed by atoms with van der Waals surface area (Å²) < 4.78 is 4.60. The zero-order chi connectivity index (χ0) is 13.1. The predicted octanol–water partition coefficient (Wildman–Crippen LogP) is 0.779. The van der Waals surface area contributed by atoms with Gasteiger partial charge in [-0.05, 0) is 12.1 Å². The van der Waals surface area contributed by atoms with Crippen LogP contribution in [0, 0.1) is 5.92 Å². The molecular weight excluding hydrogens is 236 g/mol. The number of anilines is 1. The monoisotopic (exact) mass is 250 g/mol. The minimum absolute atomic E-state index is 0.178. The van der Waals surface area contributed by atoms with Crippen molar-refractivity contribution in [3.05, 3.63) is 24.0 Å². The number of aromatic nitrogens is 1. The molecule has 6 nitrogen and oxygen atoms in total. The first-order valence-electron chi connectivity index (χ1n) is 5.61. The fourth-order valence-corrected chi connectivity index (χ4v) is 1.99. The van der Waals surface area contributed by atoms with Gasteiger partial charge in [0.2, 0.25) is 0 Å². The summed E-state index contributed by atoms with van der Waals surface area (Å²) in [6.07, 6.45) is 1.73. The molecule has 1 aromatic heterocycles. The molecule has 6 heteroatoms. The Morgan fingerprint density at radius 2 is 2.28 bits per heavy atom. The highest BCUT2D eigenvalue weighted by molar-refractivity contribution is 5.88. The van der Waals surface area contributed by atoms with Gasteiger partial charge in [-0.3, -0.25) is 4.79 Å². The Hall–Kier alpha value is -2.11. The molecule has 18 heavy (non-hydrogen) atoms. The summed E-state index contributed by atoms with van der Waals surface area (Å²) >= 11 is 0. The lowest BCUT2D eigenvalue weighted by Crippen LogP contribution is -2.47. The van der Waals surface area contributed by atoms with Crippen LogP contribution in [0.4, 0.5) is 5.69 Å². The molecule has 1 saturated heterocycles. The third-order valence-electron chi connectivity index (χ3n) is 2.92. The molecule has 0 atom stereocenters. The number of hydrogen-bond acceptors (Lipinski definition) is 5. The number of carbonyl (C=O) groups excluding carboxylic acids is 1. The molecule has 2 rings (SSSR count). The summed E-state index contributed by atoms with van der Waals surface area (Å²) in [5.41, 5.74) is 1.13. The lowest BCUT2D eigenvalue weighted by Gasteiger charge is -2.40. The molecule has 0 aromatic carbocycles. The SMILES string of the molecule is COC(=O)c1cc(N2CC(CC(=O)O)C2)ccn1. The van der Waals surface area contributed by atoms with Crippen LogP contribution >= 0.6 is 0 Å². The van der Waals surface area contributed by atoms with Crippen molar-refractivity contribution < 1.29 is 19.4 Å². The first kappa shape index (κ1) is 12.3. The first-order valence-corrected chi connectivity index (χ1v) is 5.61. The van der Waals surface area contributed by atoms with Crippen molar-refractivity contribution in [1.29, 1.82) is 0 Å². The molecule has 1 aromatic rings. The molecule has 1 aliphatic heterocycles. The summed E-state index contributed by atoms with van der Waals surface area (Å²) in [4.78, 5) is 27.8. The van der Waals surface area contributed by atoms with E-state index in [2.05, 4.69) is 9.72 Å². The minimum atomic E-state index is -0.773. The van der Waals surface area contributed by atoms with Crippen molar-refractivity contribution in [2.24, 2.45) is 5.92 Å². The van der Waals surface area contributed by atoms with E-state index in [1.165, 1.54) is 7.11 Å². The fourth-order valence-electron chi connectivity index (χ4n) is 1.99. The molecule has 0 spiro atoms. The van der Waals surface area contributed by atoms with Crippen molar-refractivity contribution >= 4 is 17.6 Å². The summed E-state index contributed by atoms with van der Waals surface area (Å²) in [5.74, 6) is -1.07. The number of carboxylic acid groups (broad SMARTS) is 1. The number of rotatable bonds is 4. The average molecular weight is 250 g/mol. The van der Waals surface area contributed by atoms with Crippen LogP contribution in [0.5, 0.6) is 0 Å². The molecule has 0 amide bonds. The van der Waals surface area contributed by atoms with E-state index in [1.54, 1.807) is 18.3 Å². The molecule has 0 bridgehead atoms. The number of aliphatic carboxylic acids is 1. The van der Waals surface area contributed by atoms with E-state index in [4.69, 9.17) is 5.11 Å². The number of methoxy groups -OCH3 is 1. The quantitative estimate of drug-likeness (QED) is 0.795. The highest BCUT2D eigenvalue weighted by atomic mass is 16.5. The van der Waals surface area contributed by atoms with Crippen LogP contribution in [0.2, 0.25) is 0 Å². The van der Waals surface area contributed by atoms with Gasteiger partial charge in [-0.15, -0.1) is 0 Å². The lowest BCUT2D eigenvalue weighted by atomic mass is 9.96. The Bertz CT molecular complexity index is 469. The average Bonchev–Trinajstić information content (AvgIpc) is 2.32. The molecular formula is C12H14N2O4. The molecule has 1 aliphatic rings. The van der Waals surface area contributed by atoms with Gasteiger partial charge < -0.3 is 14.7 Å². The molecule has 96 valence electrons. The smallest absolute Gasteiger partial charge is 0.356 e. The van der Waals surface area contributed by atoms with Crippen LogP contribution in [-0.4, -0.2) is 42.2 Å². The summed E-state index contributed by atoms with van der Waals surface area (Å²) in [6, 6.07) is 3.45. The number of carboxylic acids is 1. The molecule has 0 radical (unpaired) electrons. The van der Waals surface area contributed by atoms with Crippen molar-refractivity contribution in [3.63, 3.8) is 0 Å². The number of esters is 1. The molecule has 0 unspecified atom stereocenters. The van der Waals surface area contributed by atoms with Crippen molar-refractivity contribution in [3.8, 4) is 0 Å². The lowest BCUT2D eigenvalue weighted by molar-refractivity contribution is -0.138. The second-order valence-corrected chi connectivity index (χ2v) is 4.26. The minimum Gasteiger partial charge on any atom is -0.481 e. The zero-order valence-electron chi connectivity index (χ0n) is 10.00. The largest absolute Gasteiger partial charge is 0.481 e. The zero-order valence-corrected chi connectivity index (χ0v) is 10.00. The highest BCUT2D eigenvalue weighted by Gasteiger charge is 2.29. The maximum absolute atomic E-state index is 11.3. The normalized spacial score (nSPS) is 15.1. The van der Waals surface area contributed by atoms with Crippen LogP contribution in [0.15, 0.2) is 18.3 Å². The topological polar surface area (TPSA) is 79.7 Å². The summed E-state index contributed by atoms with van der Waals surface area (Å²) in [7, 11) is 1.31. The Kier molecular flexibility index (Phi) is 3.45. The first-order chi connectivity index (χ1) is 8.60. The molecule has 1 N–H and O–H groups in total. The van der Waals surface area contributed by atoms with Crippen LogP contribution in [0.3, 0.4) is 0 Å². The van der Waals surface area contributed by atoms with Gasteiger partial charge in [-0.1, -0.05) is 0 Å². The standard InChI is InChI=1S/C12H14N2O4/c1-18-12(17)10-5-9(2-3-13-10)14-6-8(7-14)4-11(15)16/h2-3,5,8H,4,6-7H2,1H3,(H,15,16). The third kappa shape index (κ3) is 2.58. The molecule has 0 saturated carbocycles.